The third kappa shape index (κ3) is 3.23. The van der Waals surface area contributed by atoms with Gasteiger partial charge in [-0.2, -0.15) is 0 Å². The number of ether oxygens (including phenoxy) is 1. The summed E-state index contributed by atoms with van der Waals surface area (Å²) in [6.07, 6.45) is -0.0238. The van der Waals surface area contributed by atoms with Crippen molar-refractivity contribution in [2.24, 2.45) is 5.73 Å². The molecule has 0 bridgehead atoms. The quantitative estimate of drug-likeness (QED) is 0.866. The topological polar surface area (TPSA) is 35.2 Å². The van der Waals surface area contributed by atoms with Crippen molar-refractivity contribution in [2.45, 2.75) is 26.0 Å². The smallest absolute Gasteiger partial charge is 0.145 e. The molecular weight excluding hydrogens is 280 g/mol. The maximum atomic E-state index is 13.6. The van der Waals surface area contributed by atoms with E-state index in [0.717, 1.165) is 0 Å². The van der Waals surface area contributed by atoms with E-state index in [1.807, 2.05) is 13.8 Å². The van der Waals surface area contributed by atoms with Gasteiger partial charge in [0.2, 0.25) is 0 Å². The Morgan fingerprint density at radius 1 is 1.38 bits per heavy atom. The van der Waals surface area contributed by atoms with Crippen LogP contribution in [-0.2, 0) is 4.74 Å². The number of nitrogens with two attached hydrogens (primary N) is 1. The van der Waals surface area contributed by atoms with Gasteiger partial charge in [0.05, 0.1) is 23.2 Å². The zero-order valence-corrected chi connectivity index (χ0v) is 10.7. The van der Waals surface area contributed by atoms with E-state index in [1.165, 1.54) is 12.1 Å². The van der Waals surface area contributed by atoms with E-state index in [2.05, 4.69) is 15.9 Å². The lowest BCUT2D eigenvalue weighted by molar-refractivity contribution is 0.0670. The van der Waals surface area contributed by atoms with Gasteiger partial charge >= 0.3 is 0 Å². The van der Waals surface area contributed by atoms with Crippen molar-refractivity contribution in [3.63, 3.8) is 0 Å². The third-order valence-corrected chi connectivity index (χ3v) is 2.67. The summed E-state index contributed by atoms with van der Waals surface area (Å²) in [4.78, 5) is 0. The lowest BCUT2D eigenvalue weighted by Crippen LogP contribution is -2.22. The second-order valence-electron chi connectivity index (χ2n) is 3.75. The average Bonchev–Trinajstić information content (AvgIpc) is 2.21. The number of halogens is 3. The molecule has 1 aromatic carbocycles. The highest BCUT2D eigenvalue weighted by Crippen LogP contribution is 2.25. The van der Waals surface area contributed by atoms with E-state index in [1.54, 1.807) is 0 Å². The van der Waals surface area contributed by atoms with Gasteiger partial charge in [-0.1, -0.05) is 0 Å². The Kier molecular flexibility index (Phi) is 4.83. The van der Waals surface area contributed by atoms with Crippen LogP contribution in [0.25, 0.3) is 0 Å². The van der Waals surface area contributed by atoms with Crippen LogP contribution in [0.1, 0.15) is 25.5 Å². The fraction of sp³-hybridized carbons (Fsp3) is 0.455. The van der Waals surface area contributed by atoms with Crippen LogP contribution in [0.5, 0.6) is 0 Å². The fourth-order valence-electron chi connectivity index (χ4n) is 1.26. The standard InChI is InChI=1S/C11H14BrF2NO/c1-6(2)16-5-9(15)10-8(13)4-3-7(12)11(10)14/h3-4,6,9H,5,15H2,1-2H3. The first-order valence-corrected chi connectivity index (χ1v) is 5.73. The number of benzene rings is 1. The Balaban J connectivity index is 2.90. The summed E-state index contributed by atoms with van der Waals surface area (Å²) in [5, 5.41) is 0. The van der Waals surface area contributed by atoms with Crippen LogP contribution in [0, 0.1) is 11.6 Å². The lowest BCUT2D eigenvalue weighted by atomic mass is 10.1. The predicted molar refractivity (Wildman–Crippen MR) is 62.1 cm³/mol. The molecule has 0 aliphatic heterocycles. The molecule has 0 heterocycles. The minimum absolute atomic E-state index is 0.0238. The molecule has 2 N–H and O–H groups in total. The van der Waals surface area contributed by atoms with Gasteiger partial charge in [-0.15, -0.1) is 0 Å². The molecule has 1 aromatic rings. The Labute approximate surface area is 102 Å². The van der Waals surface area contributed by atoms with Crippen LogP contribution in [0.4, 0.5) is 8.78 Å². The predicted octanol–water partition coefficient (Wildman–Crippen LogP) is 3.15. The van der Waals surface area contributed by atoms with E-state index in [0.29, 0.717) is 0 Å². The maximum Gasteiger partial charge on any atom is 0.145 e. The monoisotopic (exact) mass is 293 g/mol. The van der Waals surface area contributed by atoms with Crippen molar-refractivity contribution in [1.82, 2.24) is 0 Å². The fourth-order valence-corrected chi connectivity index (χ4v) is 1.61. The van der Waals surface area contributed by atoms with Gasteiger partial charge < -0.3 is 10.5 Å². The second kappa shape index (κ2) is 5.70. The summed E-state index contributed by atoms with van der Waals surface area (Å²) < 4.78 is 32.5. The van der Waals surface area contributed by atoms with Gasteiger partial charge in [0.1, 0.15) is 11.6 Å². The average molecular weight is 294 g/mol. The molecule has 0 amide bonds. The summed E-state index contributed by atoms with van der Waals surface area (Å²) >= 11 is 2.99. The maximum absolute atomic E-state index is 13.6. The SMILES string of the molecule is CC(C)OCC(N)c1c(F)ccc(Br)c1F. The second-order valence-corrected chi connectivity index (χ2v) is 4.60. The minimum atomic E-state index is -0.806. The van der Waals surface area contributed by atoms with E-state index in [-0.39, 0.29) is 22.7 Å². The zero-order valence-electron chi connectivity index (χ0n) is 9.14. The third-order valence-electron chi connectivity index (χ3n) is 2.06. The molecule has 0 saturated heterocycles. The van der Waals surface area contributed by atoms with Gasteiger partial charge in [-0.3, -0.25) is 0 Å². The lowest BCUT2D eigenvalue weighted by Gasteiger charge is -2.16. The first-order chi connectivity index (χ1) is 7.43. The molecule has 0 saturated carbocycles. The van der Waals surface area contributed by atoms with E-state index >= 15 is 0 Å². The Bertz CT molecular complexity index is 371. The van der Waals surface area contributed by atoms with Crippen molar-refractivity contribution < 1.29 is 13.5 Å². The molecule has 0 aliphatic carbocycles. The Hall–Kier alpha value is -0.520. The molecule has 1 atom stereocenters. The highest BCUT2D eigenvalue weighted by molar-refractivity contribution is 9.10. The van der Waals surface area contributed by atoms with Crippen LogP contribution in [-0.4, -0.2) is 12.7 Å². The first-order valence-electron chi connectivity index (χ1n) is 4.94. The normalized spacial score (nSPS) is 13.2. The molecule has 0 aliphatic rings. The summed E-state index contributed by atoms with van der Waals surface area (Å²) in [6, 6.07) is 1.68. The highest BCUT2D eigenvalue weighted by Gasteiger charge is 2.19. The van der Waals surface area contributed by atoms with Crippen LogP contribution in [0.15, 0.2) is 16.6 Å². The minimum Gasteiger partial charge on any atom is -0.377 e. The van der Waals surface area contributed by atoms with Crippen LogP contribution < -0.4 is 5.73 Å². The first kappa shape index (κ1) is 13.5. The molecule has 1 rings (SSSR count). The molecule has 0 radical (unpaired) electrons. The zero-order chi connectivity index (χ0) is 12.3. The summed E-state index contributed by atoms with van der Waals surface area (Å²) in [7, 11) is 0. The van der Waals surface area contributed by atoms with Crippen molar-refractivity contribution >= 4 is 15.9 Å². The van der Waals surface area contributed by atoms with E-state index in [9.17, 15) is 8.78 Å². The Morgan fingerprint density at radius 3 is 2.56 bits per heavy atom. The molecular formula is C11H14BrF2NO. The summed E-state index contributed by atoms with van der Waals surface area (Å²) in [5.41, 5.74) is 5.54. The van der Waals surface area contributed by atoms with Gasteiger partial charge in [-0.25, -0.2) is 8.78 Å². The molecule has 2 nitrogen and oxygen atoms in total. The number of rotatable bonds is 4. The van der Waals surface area contributed by atoms with E-state index < -0.39 is 17.7 Å². The molecule has 0 spiro atoms. The van der Waals surface area contributed by atoms with Gasteiger partial charge in [0, 0.05) is 5.56 Å². The summed E-state index contributed by atoms with van der Waals surface area (Å²) in [5.74, 6) is -1.32. The molecule has 16 heavy (non-hydrogen) atoms. The molecule has 0 fully saturated rings. The van der Waals surface area contributed by atoms with Crippen LogP contribution >= 0.6 is 15.9 Å². The molecule has 0 aromatic heterocycles. The largest absolute Gasteiger partial charge is 0.377 e. The molecule has 1 unspecified atom stereocenters. The van der Waals surface area contributed by atoms with Crippen molar-refractivity contribution in [2.75, 3.05) is 6.61 Å². The van der Waals surface area contributed by atoms with Crippen molar-refractivity contribution in [1.29, 1.82) is 0 Å². The van der Waals surface area contributed by atoms with Crippen LogP contribution in [0.3, 0.4) is 0 Å². The Morgan fingerprint density at radius 2 is 2.00 bits per heavy atom. The number of hydrogen-bond acceptors (Lipinski definition) is 2. The highest BCUT2D eigenvalue weighted by atomic mass is 79.9. The molecule has 5 heteroatoms. The summed E-state index contributed by atoms with van der Waals surface area (Å²) in [6.45, 7) is 3.75. The van der Waals surface area contributed by atoms with Gasteiger partial charge in [0.15, 0.2) is 0 Å². The number of hydrogen-bond donors (Lipinski definition) is 1. The van der Waals surface area contributed by atoms with Crippen LogP contribution in [0.2, 0.25) is 0 Å². The van der Waals surface area contributed by atoms with Crippen molar-refractivity contribution in [3.05, 3.63) is 33.8 Å². The molecule has 90 valence electrons. The van der Waals surface area contributed by atoms with Crippen molar-refractivity contribution in [3.8, 4) is 0 Å². The van der Waals surface area contributed by atoms with E-state index in [4.69, 9.17) is 10.5 Å². The van der Waals surface area contributed by atoms with Gasteiger partial charge in [-0.05, 0) is 41.9 Å². The van der Waals surface area contributed by atoms with Gasteiger partial charge in [0.25, 0.3) is 0 Å².